The average Bonchev–Trinajstić information content (AvgIpc) is 2.38. The van der Waals surface area contributed by atoms with Crippen LogP contribution in [0.1, 0.15) is 11.1 Å². The fraction of sp³-hybridized carbons (Fsp3) is 0.0714. The second-order valence-electron chi connectivity index (χ2n) is 4.06. The zero-order valence-electron chi connectivity index (χ0n) is 10.2. The summed E-state index contributed by atoms with van der Waals surface area (Å²) in [5.41, 5.74) is 5.82. The van der Waals surface area contributed by atoms with Crippen LogP contribution < -0.4 is 5.73 Å². The molecule has 104 valence electrons. The van der Waals surface area contributed by atoms with Gasteiger partial charge >= 0.3 is 6.18 Å². The Balaban J connectivity index is 2.41. The van der Waals surface area contributed by atoms with Crippen molar-refractivity contribution in [3.05, 3.63) is 64.1 Å². The van der Waals surface area contributed by atoms with Crippen molar-refractivity contribution in [3.8, 4) is 0 Å². The van der Waals surface area contributed by atoms with Gasteiger partial charge in [-0.1, -0.05) is 46.3 Å². The monoisotopic (exact) mass is 342 g/mol. The molecule has 0 unspecified atom stereocenters. The van der Waals surface area contributed by atoms with Gasteiger partial charge in [-0.3, -0.25) is 0 Å². The first-order valence-corrected chi connectivity index (χ1v) is 6.43. The average molecular weight is 343 g/mol. The zero-order chi connectivity index (χ0) is 14.8. The molecule has 0 heterocycles. The van der Waals surface area contributed by atoms with Crippen molar-refractivity contribution < 1.29 is 13.2 Å². The van der Waals surface area contributed by atoms with Crippen molar-refractivity contribution in [1.82, 2.24) is 0 Å². The topological polar surface area (TPSA) is 38.4 Å². The first kappa shape index (κ1) is 14.6. The number of hydrogen-bond donors (Lipinski definition) is 1. The van der Waals surface area contributed by atoms with Gasteiger partial charge in [-0.2, -0.15) is 13.2 Å². The van der Waals surface area contributed by atoms with E-state index in [1.54, 1.807) is 24.3 Å². The molecular formula is C14H10BrF3N2. The molecule has 2 aromatic carbocycles. The summed E-state index contributed by atoms with van der Waals surface area (Å²) in [5.74, 6) is 0.164. The van der Waals surface area contributed by atoms with Crippen molar-refractivity contribution in [3.63, 3.8) is 0 Å². The molecular weight excluding hydrogens is 333 g/mol. The van der Waals surface area contributed by atoms with E-state index in [9.17, 15) is 13.2 Å². The molecule has 0 aliphatic heterocycles. The Bertz CT molecular complexity index is 637. The third-order valence-electron chi connectivity index (χ3n) is 2.53. The Morgan fingerprint density at radius 3 is 2.30 bits per heavy atom. The van der Waals surface area contributed by atoms with Gasteiger partial charge in [0.2, 0.25) is 0 Å². The van der Waals surface area contributed by atoms with Crippen molar-refractivity contribution in [2.45, 2.75) is 6.18 Å². The lowest BCUT2D eigenvalue weighted by molar-refractivity contribution is -0.137. The van der Waals surface area contributed by atoms with Gasteiger partial charge < -0.3 is 5.73 Å². The fourth-order valence-corrected chi connectivity index (χ4v) is 2.10. The Morgan fingerprint density at radius 2 is 1.70 bits per heavy atom. The van der Waals surface area contributed by atoms with E-state index in [1.165, 1.54) is 6.07 Å². The number of alkyl halides is 3. The summed E-state index contributed by atoms with van der Waals surface area (Å²) in [5, 5.41) is 0. The van der Waals surface area contributed by atoms with Gasteiger partial charge in [0.05, 0.1) is 11.3 Å². The first-order valence-electron chi connectivity index (χ1n) is 5.63. The molecule has 2 N–H and O–H groups in total. The van der Waals surface area contributed by atoms with Crippen molar-refractivity contribution in [2.75, 3.05) is 0 Å². The number of benzene rings is 2. The molecule has 0 spiro atoms. The summed E-state index contributed by atoms with van der Waals surface area (Å²) in [7, 11) is 0. The fourth-order valence-electron chi connectivity index (χ4n) is 1.61. The number of halogens is 4. The van der Waals surface area contributed by atoms with Crippen LogP contribution in [0, 0.1) is 0 Å². The Morgan fingerprint density at radius 1 is 1.05 bits per heavy atom. The van der Waals surface area contributed by atoms with Crippen molar-refractivity contribution >= 4 is 27.5 Å². The smallest absolute Gasteiger partial charge is 0.383 e. The first-order chi connectivity index (χ1) is 9.36. The predicted molar refractivity (Wildman–Crippen MR) is 76.0 cm³/mol. The maximum Gasteiger partial charge on any atom is 0.416 e. The van der Waals surface area contributed by atoms with Gasteiger partial charge in [-0.15, -0.1) is 0 Å². The minimum absolute atomic E-state index is 0.146. The van der Waals surface area contributed by atoms with E-state index >= 15 is 0 Å². The standard InChI is InChI=1S/C14H10BrF3N2/c15-11-6-10(14(16,17)18)7-12(8-11)20-13(19)9-4-2-1-3-5-9/h1-8H,(H2,19,20). The largest absolute Gasteiger partial charge is 0.416 e. The third-order valence-corrected chi connectivity index (χ3v) is 2.99. The van der Waals surface area contributed by atoms with Crippen LogP contribution in [0.2, 0.25) is 0 Å². The molecule has 0 bridgehead atoms. The van der Waals surface area contributed by atoms with E-state index in [2.05, 4.69) is 20.9 Å². The highest BCUT2D eigenvalue weighted by atomic mass is 79.9. The van der Waals surface area contributed by atoms with Crippen molar-refractivity contribution in [2.24, 2.45) is 10.7 Å². The quantitative estimate of drug-likeness (QED) is 0.633. The number of nitrogens with zero attached hydrogens (tertiary/aromatic N) is 1. The van der Waals surface area contributed by atoms with Crippen LogP contribution in [0.25, 0.3) is 0 Å². The molecule has 0 fully saturated rings. The molecule has 0 amide bonds. The molecule has 0 saturated heterocycles. The Labute approximate surface area is 122 Å². The molecule has 2 nitrogen and oxygen atoms in total. The van der Waals surface area contributed by atoms with Crippen LogP contribution in [-0.4, -0.2) is 5.84 Å². The molecule has 2 aromatic rings. The lowest BCUT2D eigenvalue weighted by Gasteiger charge is -2.08. The number of nitrogens with two attached hydrogens (primary N) is 1. The molecule has 0 radical (unpaired) electrons. The number of rotatable bonds is 2. The van der Waals surface area contributed by atoms with E-state index < -0.39 is 11.7 Å². The van der Waals surface area contributed by atoms with E-state index in [1.807, 2.05) is 6.07 Å². The number of amidine groups is 1. The molecule has 0 saturated carbocycles. The second-order valence-corrected chi connectivity index (χ2v) is 4.97. The van der Waals surface area contributed by atoms with Crippen LogP contribution >= 0.6 is 15.9 Å². The predicted octanol–water partition coefficient (Wildman–Crippen LogP) is 4.50. The lowest BCUT2D eigenvalue weighted by Crippen LogP contribution is -2.12. The minimum Gasteiger partial charge on any atom is -0.383 e. The highest BCUT2D eigenvalue weighted by molar-refractivity contribution is 9.10. The molecule has 0 atom stereocenters. The van der Waals surface area contributed by atoms with Crippen LogP contribution in [-0.2, 0) is 6.18 Å². The highest BCUT2D eigenvalue weighted by Crippen LogP contribution is 2.34. The third kappa shape index (κ3) is 3.60. The van der Waals surface area contributed by atoms with Gasteiger partial charge in [0, 0.05) is 10.0 Å². The second kappa shape index (κ2) is 5.66. The van der Waals surface area contributed by atoms with Crippen LogP contribution in [0.15, 0.2) is 58.0 Å². The lowest BCUT2D eigenvalue weighted by atomic mass is 10.2. The highest BCUT2D eigenvalue weighted by Gasteiger charge is 2.31. The summed E-state index contributed by atoms with van der Waals surface area (Å²) in [4.78, 5) is 4.03. The van der Waals surface area contributed by atoms with Crippen molar-refractivity contribution in [1.29, 1.82) is 0 Å². The summed E-state index contributed by atoms with van der Waals surface area (Å²) in [6.07, 6.45) is -4.42. The van der Waals surface area contributed by atoms with Gasteiger partial charge in [0.25, 0.3) is 0 Å². The van der Waals surface area contributed by atoms with Crippen LogP contribution in [0.3, 0.4) is 0 Å². The minimum atomic E-state index is -4.42. The summed E-state index contributed by atoms with van der Waals surface area (Å²) < 4.78 is 38.4. The number of aliphatic imine (C=N–C) groups is 1. The van der Waals surface area contributed by atoms with Crippen LogP contribution in [0.4, 0.5) is 18.9 Å². The normalized spacial score (nSPS) is 12.5. The molecule has 2 rings (SSSR count). The maximum absolute atomic E-state index is 12.7. The SMILES string of the molecule is NC(=Nc1cc(Br)cc(C(F)(F)F)c1)c1ccccc1. The maximum atomic E-state index is 12.7. The van der Waals surface area contributed by atoms with Crippen LogP contribution in [0.5, 0.6) is 0 Å². The zero-order valence-corrected chi connectivity index (χ0v) is 11.7. The van der Waals surface area contributed by atoms with E-state index in [0.29, 0.717) is 10.0 Å². The van der Waals surface area contributed by atoms with Gasteiger partial charge in [0.1, 0.15) is 5.84 Å². The van der Waals surface area contributed by atoms with E-state index in [4.69, 9.17) is 5.73 Å². The Hall–Kier alpha value is -1.82. The summed E-state index contributed by atoms with van der Waals surface area (Å²) in [6.45, 7) is 0. The molecule has 0 aromatic heterocycles. The van der Waals surface area contributed by atoms with Gasteiger partial charge in [0.15, 0.2) is 0 Å². The molecule has 0 aliphatic carbocycles. The summed E-state index contributed by atoms with van der Waals surface area (Å²) >= 11 is 3.04. The molecule has 6 heteroatoms. The van der Waals surface area contributed by atoms with E-state index in [0.717, 1.165) is 12.1 Å². The van der Waals surface area contributed by atoms with Gasteiger partial charge in [-0.25, -0.2) is 4.99 Å². The molecule has 0 aliphatic rings. The molecule has 20 heavy (non-hydrogen) atoms. The number of hydrogen-bond acceptors (Lipinski definition) is 1. The Kier molecular flexibility index (Phi) is 4.13. The van der Waals surface area contributed by atoms with Gasteiger partial charge in [-0.05, 0) is 18.2 Å². The summed E-state index contributed by atoms with van der Waals surface area (Å²) in [6, 6.07) is 12.3. The van der Waals surface area contributed by atoms with E-state index in [-0.39, 0.29) is 11.5 Å².